The number of amides is 4. The molecule has 0 aromatic rings. The van der Waals surface area contributed by atoms with Gasteiger partial charge in [0.1, 0.15) is 6.54 Å². The first-order valence-corrected chi connectivity index (χ1v) is 5.94. The van der Waals surface area contributed by atoms with E-state index in [4.69, 9.17) is 0 Å². The van der Waals surface area contributed by atoms with Crippen LogP contribution in [-0.4, -0.2) is 58.8 Å². The third kappa shape index (κ3) is 2.46. The average molecular weight is 239 g/mol. The standard InChI is InChI=1S/C11H17N3O3/c1-9(15)13-7-10(16)14(11(13)17)8-12-5-3-2-4-6-12/h2-8H2,1H3. The third-order valence-corrected chi connectivity index (χ3v) is 3.23. The minimum Gasteiger partial charge on any atom is -0.286 e. The van der Waals surface area contributed by atoms with Crippen molar-refractivity contribution in [2.75, 3.05) is 26.3 Å². The zero-order valence-electron chi connectivity index (χ0n) is 10.0. The van der Waals surface area contributed by atoms with Crippen LogP contribution in [-0.2, 0) is 9.59 Å². The highest BCUT2D eigenvalue weighted by Crippen LogP contribution is 2.14. The fraction of sp³-hybridized carbons (Fsp3) is 0.727. The van der Waals surface area contributed by atoms with Crippen molar-refractivity contribution in [3.8, 4) is 0 Å². The molecule has 0 N–H and O–H groups in total. The van der Waals surface area contributed by atoms with Crippen molar-refractivity contribution in [3.63, 3.8) is 0 Å². The summed E-state index contributed by atoms with van der Waals surface area (Å²) in [4.78, 5) is 38.9. The number of likely N-dealkylation sites (tertiary alicyclic amines) is 1. The Morgan fingerprint density at radius 3 is 2.35 bits per heavy atom. The Kier molecular flexibility index (Phi) is 3.42. The van der Waals surface area contributed by atoms with Gasteiger partial charge in [-0.15, -0.1) is 0 Å². The second-order valence-corrected chi connectivity index (χ2v) is 4.53. The Morgan fingerprint density at radius 2 is 1.82 bits per heavy atom. The van der Waals surface area contributed by atoms with Gasteiger partial charge in [-0.2, -0.15) is 0 Å². The molecule has 0 spiro atoms. The molecule has 2 saturated heterocycles. The van der Waals surface area contributed by atoms with E-state index in [9.17, 15) is 14.4 Å². The number of nitrogens with zero attached hydrogens (tertiary/aromatic N) is 3. The number of hydrogen-bond donors (Lipinski definition) is 0. The highest BCUT2D eigenvalue weighted by Gasteiger charge is 2.38. The molecule has 6 nitrogen and oxygen atoms in total. The maximum Gasteiger partial charge on any atom is 0.335 e. The molecule has 94 valence electrons. The van der Waals surface area contributed by atoms with Crippen LogP contribution in [0.5, 0.6) is 0 Å². The van der Waals surface area contributed by atoms with Gasteiger partial charge in [0.2, 0.25) is 5.91 Å². The summed E-state index contributed by atoms with van der Waals surface area (Å²) in [5.74, 6) is -0.653. The van der Waals surface area contributed by atoms with Crippen LogP contribution in [0, 0.1) is 0 Å². The van der Waals surface area contributed by atoms with E-state index in [0.717, 1.165) is 30.8 Å². The molecule has 4 amide bonds. The summed E-state index contributed by atoms with van der Waals surface area (Å²) >= 11 is 0. The Labute approximate surface area is 100 Å². The average Bonchev–Trinajstić information content (AvgIpc) is 2.58. The smallest absolute Gasteiger partial charge is 0.286 e. The number of carbonyl (C=O) groups excluding carboxylic acids is 3. The lowest BCUT2D eigenvalue weighted by atomic mass is 10.1. The van der Waals surface area contributed by atoms with Gasteiger partial charge < -0.3 is 0 Å². The van der Waals surface area contributed by atoms with Crippen molar-refractivity contribution >= 4 is 17.8 Å². The van der Waals surface area contributed by atoms with Crippen LogP contribution >= 0.6 is 0 Å². The van der Waals surface area contributed by atoms with Crippen LogP contribution < -0.4 is 0 Å². The molecular weight excluding hydrogens is 222 g/mol. The molecule has 0 unspecified atom stereocenters. The SMILES string of the molecule is CC(=O)N1CC(=O)N(CN2CCCCC2)C1=O. The van der Waals surface area contributed by atoms with Gasteiger partial charge in [-0.1, -0.05) is 6.42 Å². The predicted molar refractivity (Wildman–Crippen MR) is 59.9 cm³/mol. The van der Waals surface area contributed by atoms with Gasteiger partial charge in [0.25, 0.3) is 5.91 Å². The molecule has 0 bridgehead atoms. The molecule has 17 heavy (non-hydrogen) atoms. The first-order valence-electron chi connectivity index (χ1n) is 5.94. The topological polar surface area (TPSA) is 60.9 Å². The van der Waals surface area contributed by atoms with E-state index in [1.54, 1.807) is 0 Å². The van der Waals surface area contributed by atoms with Crippen LogP contribution in [0.3, 0.4) is 0 Å². The Bertz CT molecular complexity index is 350. The lowest BCUT2D eigenvalue weighted by Crippen LogP contribution is -2.44. The van der Waals surface area contributed by atoms with Gasteiger partial charge in [-0.25, -0.2) is 9.69 Å². The first kappa shape index (κ1) is 12.0. The first-order chi connectivity index (χ1) is 8.09. The molecule has 0 aromatic heterocycles. The Morgan fingerprint density at radius 1 is 1.18 bits per heavy atom. The normalized spacial score (nSPS) is 22.4. The van der Waals surface area contributed by atoms with Crippen molar-refractivity contribution in [2.45, 2.75) is 26.2 Å². The molecule has 2 aliphatic heterocycles. The molecule has 6 heteroatoms. The van der Waals surface area contributed by atoms with Crippen LogP contribution in [0.25, 0.3) is 0 Å². The zero-order chi connectivity index (χ0) is 12.4. The largest absolute Gasteiger partial charge is 0.335 e. The highest BCUT2D eigenvalue weighted by molar-refractivity contribution is 6.09. The third-order valence-electron chi connectivity index (χ3n) is 3.23. The molecule has 2 fully saturated rings. The van der Waals surface area contributed by atoms with E-state index < -0.39 is 6.03 Å². The minimum atomic E-state index is -0.479. The van der Waals surface area contributed by atoms with E-state index in [-0.39, 0.29) is 18.4 Å². The van der Waals surface area contributed by atoms with E-state index >= 15 is 0 Å². The van der Waals surface area contributed by atoms with Crippen LogP contribution in [0.15, 0.2) is 0 Å². The monoisotopic (exact) mass is 239 g/mol. The summed E-state index contributed by atoms with van der Waals surface area (Å²) in [6.45, 7) is 3.34. The second kappa shape index (κ2) is 4.83. The summed E-state index contributed by atoms with van der Waals surface area (Å²) in [6.07, 6.45) is 3.41. The molecular formula is C11H17N3O3. The molecule has 2 rings (SSSR count). The molecule has 2 aliphatic rings. The predicted octanol–water partition coefficient (Wildman–Crippen LogP) is 0.240. The van der Waals surface area contributed by atoms with Gasteiger partial charge in [0.15, 0.2) is 0 Å². The lowest BCUT2D eigenvalue weighted by Gasteiger charge is -2.29. The van der Waals surface area contributed by atoms with Gasteiger partial charge in [-0.3, -0.25) is 19.4 Å². The minimum absolute atomic E-state index is 0.109. The maximum atomic E-state index is 11.8. The van der Waals surface area contributed by atoms with E-state index in [0.29, 0.717) is 6.67 Å². The molecule has 0 radical (unpaired) electrons. The Balaban J connectivity index is 1.98. The zero-order valence-corrected chi connectivity index (χ0v) is 10.0. The summed E-state index contributed by atoms with van der Waals surface area (Å²) in [5.41, 5.74) is 0. The van der Waals surface area contributed by atoms with Crippen molar-refractivity contribution in [1.29, 1.82) is 0 Å². The Hall–Kier alpha value is -1.43. The number of hydrogen-bond acceptors (Lipinski definition) is 4. The molecule has 0 saturated carbocycles. The van der Waals surface area contributed by atoms with E-state index in [2.05, 4.69) is 4.90 Å². The van der Waals surface area contributed by atoms with Gasteiger partial charge in [0.05, 0.1) is 6.67 Å². The molecule has 2 heterocycles. The van der Waals surface area contributed by atoms with E-state index in [1.165, 1.54) is 18.2 Å². The summed E-state index contributed by atoms with van der Waals surface area (Å²) in [7, 11) is 0. The molecule has 0 atom stereocenters. The number of carbonyl (C=O) groups is 3. The molecule has 0 aliphatic carbocycles. The highest BCUT2D eigenvalue weighted by atomic mass is 16.2. The fourth-order valence-electron chi connectivity index (χ4n) is 2.23. The van der Waals surface area contributed by atoms with Gasteiger partial charge >= 0.3 is 6.03 Å². The number of rotatable bonds is 2. The quantitative estimate of drug-likeness (QED) is 0.648. The fourth-order valence-corrected chi connectivity index (χ4v) is 2.23. The van der Waals surface area contributed by atoms with Crippen molar-refractivity contribution in [1.82, 2.24) is 14.7 Å². The number of piperidine rings is 1. The van der Waals surface area contributed by atoms with Crippen molar-refractivity contribution < 1.29 is 14.4 Å². The van der Waals surface area contributed by atoms with Crippen molar-refractivity contribution in [3.05, 3.63) is 0 Å². The van der Waals surface area contributed by atoms with E-state index in [1.807, 2.05) is 0 Å². The maximum absolute atomic E-state index is 11.8. The number of urea groups is 1. The van der Waals surface area contributed by atoms with Crippen LogP contribution in [0.1, 0.15) is 26.2 Å². The second-order valence-electron chi connectivity index (χ2n) is 4.53. The van der Waals surface area contributed by atoms with Gasteiger partial charge in [-0.05, 0) is 25.9 Å². The summed E-state index contributed by atoms with van der Waals surface area (Å²) in [5, 5.41) is 0. The molecule has 0 aromatic carbocycles. The summed E-state index contributed by atoms with van der Waals surface area (Å²) < 4.78 is 0. The number of imide groups is 2. The van der Waals surface area contributed by atoms with Crippen molar-refractivity contribution in [2.24, 2.45) is 0 Å². The lowest BCUT2D eigenvalue weighted by molar-refractivity contribution is -0.130. The summed E-state index contributed by atoms with van der Waals surface area (Å²) in [6, 6.07) is -0.479. The van der Waals surface area contributed by atoms with Crippen LogP contribution in [0.2, 0.25) is 0 Å². The van der Waals surface area contributed by atoms with Gasteiger partial charge in [0, 0.05) is 6.92 Å². The van der Waals surface area contributed by atoms with Crippen LogP contribution in [0.4, 0.5) is 4.79 Å².